The molecule has 0 radical (unpaired) electrons. The average Bonchev–Trinajstić information content (AvgIpc) is 2.30. The van der Waals surface area contributed by atoms with Gasteiger partial charge in [-0.25, -0.2) is 0 Å². The minimum atomic E-state index is 0.551. The van der Waals surface area contributed by atoms with E-state index in [0.29, 0.717) is 6.04 Å². The van der Waals surface area contributed by atoms with Gasteiger partial charge in [-0.3, -0.25) is 4.90 Å². The molecule has 2 N–H and O–H groups in total. The lowest BCUT2D eigenvalue weighted by atomic mass is 9.66. The second-order valence-corrected chi connectivity index (χ2v) is 5.58. The Balaban J connectivity index is 1.59. The molecule has 4 fully saturated rings. The quantitative estimate of drug-likeness (QED) is 0.687. The Kier molecular flexibility index (Phi) is 2.29. The number of fused-ring (bicyclic) bond motifs is 2. The molecule has 2 bridgehead atoms. The third-order valence-corrected chi connectivity index (χ3v) is 4.72. The first-order chi connectivity index (χ1) is 6.84. The van der Waals surface area contributed by atoms with Crippen LogP contribution in [-0.4, -0.2) is 30.1 Å². The maximum absolute atomic E-state index is 6.09. The maximum Gasteiger partial charge on any atom is 0.0120 e. The Morgan fingerprint density at radius 1 is 0.929 bits per heavy atom. The van der Waals surface area contributed by atoms with Crippen molar-refractivity contribution in [3.05, 3.63) is 0 Å². The smallest absolute Gasteiger partial charge is 0.0120 e. The van der Waals surface area contributed by atoms with Crippen molar-refractivity contribution in [2.75, 3.05) is 13.1 Å². The van der Waals surface area contributed by atoms with Gasteiger partial charge in [0.1, 0.15) is 0 Å². The van der Waals surface area contributed by atoms with Crippen molar-refractivity contribution in [2.24, 2.45) is 17.6 Å². The molecule has 0 amide bonds. The van der Waals surface area contributed by atoms with Gasteiger partial charge in [0, 0.05) is 25.2 Å². The first kappa shape index (κ1) is 9.17. The zero-order valence-electron chi connectivity index (χ0n) is 8.99. The molecule has 2 atom stereocenters. The maximum atomic E-state index is 6.09. The third-order valence-electron chi connectivity index (χ3n) is 4.72. The molecule has 80 valence electrons. The predicted molar refractivity (Wildman–Crippen MR) is 58.0 cm³/mol. The van der Waals surface area contributed by atoms with E-state index in [1.54, 1.807) is 0 Å². The molecule has 2 saturated heterocycles. The van der Waals surface area contributed by atoms with Crippen LogP contribution in [0.1, 0.15) is 38.5 Å². The van der Waals surface area contributed by atoms with E-state index >= 15 is 0 Å². The highest BCUT2D eigenvalue weighted by atomic mass is 15.2. The van der Waals surface area contributed by atoms with Crippen molar-refractivity contribution in [1.82, 2.24) is 4.90 Å². The van der Waals surface area contributed by atoms with Crippen molar-refractivity contribution < 1.29 is 0 Å². The summed E-state index contributed by atoms with van der Waals surface area (Å²) >= 11 is 0. The highest BCUT2D eigenvalue weighted by molar-refractivity contribution is 5.01. The molecule has 2 aliphatic heterocycles. The van der Waals surface area contributed by atoms with Crippen LogP contribution in [0, 0.1) is 11.8 Å². The molecule has 2 nitrogen and oxygen atoms in total. The fraction of sp³-hybridized carbons (Fsp3) is 1.00. The molecule has 14 heavy (non-hydrogen) atoms. The van der Waals surface area contributed by atoms with Crippen LogP contribution in [-0.2, 0) is 0 Å². The van der Waals surface area contributed by atoms with Crippen molar-refractivity contribution >= 4 is 0 Å². The molecular formula is C12H22N2. The lowest BCUT2D eigenvalue weighted by molar-refractivity contribution is -0.0271. The Morgan fingerprint density at radius 2 is 1.57 bits per heavy atom. The average molecular weight is 194 g/mol. The second kappa shape index (κ2) is 3.49. The standard InChI is InChI=1S/C12H22N2/c13-12-9-6-10(12)8-14(7-9)11-4-2-1-3-5-11/h9-12H,1-8,13H2. The van der Waals surface area contributed by atoms with Crippen LogP contribution in [0.3, 0.4) is 0 Å². The van der Waals surface area contributed by atoms with Gasteiger partial charge in [-0.1, -0.05) is 19.3 Å². The number of nitrogens with two attached hydrogens (primary N) is 1. The molecule has 0 spiro atoms. The summed E-state index contributed by atoms with van der Waals surface area (Å²) in [5, 5.41) is 0. The summed E-state index contributed by atoms with van der Waals surface area (Å²) in [6.07, 6.45) is 8.72. The first-order valence-corrected chi connectivity index (χ1v) is 6.34. The van der Waals surface area contributed by atoms with Crippen molar-refractivity contribution in [3.63, 3.8) is 0 Å². The Bertz CT molecular complexity index is 198. The van der Waals surface area contributed by atoms with Gasteiger partial charge >= 0.3 is 0 Å². The lowest BCUT2D eigenvalue weighted by Crippen LogP contribution is -2.63. The summed E-state index contributed by atoms with van der Waals surface area (Å²) in [5.74, 6) is 1.69. The van der Waals surface area contributed by atoms with Crippen LogP contribution >= 0.6 is 0 Å². The summed E-state index contributed by atoms with van der Waals surface area (Å²) in [5.41, 5.74) is 6.09. The Morgan fingerprint density at radius 3 is 2.14 bits per heavy atom. The van der Waals surface area contributed by atoms with Crippen LogP contribution in [0.2, 0.25) is 0 Å². The molecular weight excluding hydrogens is 172 g/mol. The van der Waals surface area contributed by atoms with E-state index < -0.39 is 0 Å². The minimum absolute atomic E-state index is 0.551. The van der Waals surface area contributed by atoms with Gasteiger partial charge < -0.3 is 5.73 Å². The summed E-state index contributed by atoms with van der Waals surface area (Å²) in [6, 6.07) is 1.47. The third kappa shape index (κ3) is 1.40. The van der Waals surface area contributed by atoms with Gasteiger partial charge in [0.2, 0.25) is 0 Å². The summed E-state index contributed by atoms with van der Waals surface area (Å²) < 4.78 is 0. The second-order valence-electron chi connectivity index (χ2n) is 5.58. The van der Waals surface area contributed by atoms with E-state index in [2.05, 4.69) is 4.90 Å². The number of nitrogens with zero attached hydrogens (tertiary/aromatic N) is 1. The number of rotatable bonds is 1. The molecule has 2 heteroatoms. The number of piperidine rings is 2. The van der Waals surface area contributed by atoms with Crippen LogP contribution < -0.4 is 5.73 Å². The predicted octanol–water partition coefficient (Wildman–Crippen LogP) is 1.60. The zero-order chi connectivity index (χ0) is 9.54. The molecule has 0 aromatic carbocycles. The van der Waals surface area contributed by atoms with Gasteiger partial charge in [0.25, 0.3) is 0 Å². The molecule has 0 aromatic rings. The molecule has 2 unspecified atom stereocenters. The van der Waals surface area contributed by atoms with Crippen LogP contribution in [0.15, 0.2) is 0 Å². The van der Waals surface area contributed by atoms with Crippen molar-refractivity contribution in [3.8, 4) is 0 Å². The highest BCUT2D eigenvalue weighted by Crippen LogP contribution is 2.40. The number of hydrogen-bond donors (Lipinski definition) is 1. The summed E-state index contributed by atoms with van der Waals surface area (Å²) in [4.78, 5) is 2.75. The fourth-order valence-corrected chi connectivity index (χ4v) is 3.71. The van der Waals surface area contributed by atoms with E-state index in [-0.39, 0.29) is 0 Å². The zero-order valence-corrected chi connectivity index (χ0v) is 8.99. The molecule has 2 aliphatic carbocycles. The summed E-state index contributed by atoms with van der Waals surface area (Å²) in [6.45, 7) is 2.62. The largest absolute Gasteiger partial charge is 0.327 e. The minimum Gasteiger partial charge on any atom is -0.327 e. The molecule has 4 aliphatic rings. The lowest BCUT2D eigenvalue weighted by Gasteiger charge is -2.54. The van der Waals surface area contributed by atoms with Crippen LogP contribution in [0.25, 0.3) is 0 Å². The van der Waals surface area contributed by atoms with Crippen LogP contribution in [0.5, 0.6) is 0 Å². The van der Waals surface area contributed by atoms with Gasteiger partial charge in [-0.2, -0.15) is 0 Å². The first-order valence-electron chi connectivity index (χ1n) is 6.34. The Hall–Kier alpha value is -0.0800. The topological polar surface area (TPSA) is 29.3 Å². The fourth-order valence-electron chi connectivity index (χ4n) is 3.71. The number of hydrogen-bond acceptors (Lipinski definition) is 2. The SMILES string of the molecule is NC1C2CC1CN(C1CCCCC1)C2. The van der Waals surface area contributed by atoms with E-state index in [9.17, 15) is 0 Å². The summed E-state index contributed by atoms with van der Waals surface area (Å²) in [7, 11) is 0. The molecule has 2 heterocycles. The Labute approximate surface area is 86.8 Å². The molecule has 2 saturated carbocycles. The van der Waals surface area contributed by atoms with Crippen molar-refractivity contribution in [2.45, 2.75) is 50.6 Å². The highest BCUT2D eigenvalue weighted by Gasteiger charge is 2.45. The van der Waals surface area contributed by atoms with E-state index in [4.69, 9.17) is 5.73 Å². The van der Waals surface area contributed by atoms with Gasteiger partial charge in [0.05, 0.1) is 0 Å². The van der Waals surface area contributed by atoms with Gasteiger partial charge in [0.15, 0.2) is 0 Å². The van der Waals surface area contributed by atoms with Gasteiger partial charge in [-0.05, 0) is 31.1 Å². The molecule has 0 aromatic heterocycles. The normalized spacial score (nSPS) is 44.8. The van der Waals surface area contributed by atoms with E-state index in [1.807, 2.05) is 0 Å². The van der Waals surface area contributed by atoms with Gasteiger partial charge in [-0.15, -0.1) is 0 Å². The molecule has 4 rings (SSSR count). The van der Waals surface area contributed by atoms with Crippen molar-refractivity contribution in [1.29, 1.82) is 0 Å². The monoisotopic (exact) mass is 194 g/mol. The van der Waals surface area contributed by atoms with E-state index in [0.717, 1.165) is 17.9 Å². The van der Waals surface area contributed by atoms with Crippen LogP contribution in [0.4, 0.5) is 0 Å². The van der Waals surface area contributed by atoms with E-state index in [1.165, 1.54) is 51.6 Å².